The van der Waals surface area contributed by atoms with Crippen molar-refractivity contribution in [3.63, 3.8) is 0 Å². The molecule has 0 bridgehead atoms. The molecule has 0 unspecified atom stereocenters. The Morgan fingerprint density at radius 1 is 1.38 bits per heavy atom. The van der Waals surface area contributed by atoms with Crippen molar-refractivity contribution in [2.45, 2.75) is 37.1 Å². The highest BCUT2D eigenvalue weighted by molar-refractivity contribution is 7.99. The average molecular weight is 308 g/mol. The quantitative estimate of drug-likeness (QED) is 0.849. The molecular weight excluding hydrogens is 284 g/mol. The molecule has 1 saturated carbocycles. The van der Waals surface area contributed by atoms with E-state index in [0.717, 1.165) is 12.0 Å². The number of carbonyl (C=O) groups excluding carboxylic acids is 1. The van der Waals surface area contributed by atoms with Gasteiger partial charge < -0.3 is 15.3 Å². The highest BCUT2D eigenvalue weighted by Crippen LogP contribution is 2.28. The zero-order valence-corrected chi connectivity index (χ0v) is 13.3. The molecule has 1 aromatic carbocycles. The number of amides is 2. The van der Waals surface area contributed by atoms with Gasteiger partial charge in [-0.25, -0.2) is 4.79 Å². The van der Waals surface area contributed by atoms with Gasteiger partial charge in [-0.1, -0.05) is 36.8 Å². The molecule has 0 saturated heterocycles. The van der Waals surface area contributed by atoms with Crippen LogP contribution in [0.3, 0.4) is 0 Å². The molecule has 5 heteroatoms. The summed E-state index contributed by atoms with van der Waals surface area (Å²) in [6.07, 6.45) is 5.50. The second kappa shape index (κ2) is 8.29. The van der Waals surface area contributed by atoms with E-state index in [9.17, 15) is 9.90 Å². The van der Waals surface area contributed by atoms with Gasteiger partial charge in [-0.3, -0.25) is 0 Å². The number of carbonyl (C=O) groups is 1. The topological polar surface area (TPSA) is 52.6 Å². The van der Waals surface area contributed by atoms with E-state index in [1.807, 2.05) is 42.1 Å². The Hall–Kier alpha value is -1.20. The number of nitrogens with zero attached hydrogens (tertiary/aromatic N) is 1. The maximum atomic E-state index is 12.4. The second-order valence-electron chi connectivity index (χ2n) is 5.39. The Morgan fingerprint density at radius 3 is 2.81 bits per heavy atom. The molecule has 0 spiro atoms. The molecule has 2 N–H and O–H groups in total. The van der Waals surface area contributed by atoms with Gasteiger partial charge in [0.2, 0.25) is 0 Å². The van der Waals surface area contributed by atoms with Crippen molar-refractivity contribution in [3.8, 4) is 0 Å². The molecule has 1 fully saturated rings. The SMILES string of the molecule is CS[C@H]1CCC[C@H]1NC(=O)N(CCO)Cc1ccccc1. The summed E-state index contributed by atoms with van der Waals surface area (Å²) in [5.41, 5.74) is 1.08. The second-order valence-corrected chi connectivity index (χ2v) is 6.47. The van der Waals surface area contributed by atoms with Crippen molar-refractivity contribution in [2.24, 2.45) is 0 Å². The summed E-state index contributed by atoms with van der Waals surface area (Å²) in [7, 11) is 0. The third kappa shape index (κ3) is 4.64. The van der Waals surface area contributed by atoms with Crippen LogP contribution in [0.4, 0.5) is 4.79 Å². The molecule has 2 atom stereocenters. The zero-order chi connectivity index (χ0) is 15.1. The van der Waals surface area contributed by atoms with E-state index in [1.54, 1.807) is 4.90 Å². The molecular formula is C16H24N2O2S. The first-order valence-corrected chi connectivity index (χ1v) is 8.76. The minimum absolute atomic E-state index is 0.0170. The van der Waals surface area contributed by atoms with Gasteiger partial charge in [0.05, 0.1) is 6.61 Å². The van der Waals surface area contributed by atoms with E-state index in [-0.39, 0.29) is 18.7 Å². The lowest BCUT2D eigenvalue weighted by molar-refractivity contribution is 0.171. The normalized spacial score (nSPS) is 21.2. The van der Waals surface area contributed by atoms with Crippen LogP contribution >= 0.6 is 11.8 Å². The Balaban J connectivity index is 1.95. The van der Waals surface area contributed by atoms with Gasteiger partial charge >= 0.3 is 6.03 Å². The fraction of sp³-hybridized carbons (Fsp3) is 0.562. The van der Waals surface area contributed by atoms with Crippen molar-refractivity contribution in [1.82, 2.24) is 10.2 Å². The summed E-state index contributed by atoms with van der Waals surface area (Å²) in [6, 6.07) is 10.1. The molecule has 116 valence electrons. The van der Waals surface area contributed by atoms with Crippen LogP contribution in [0.1, 0.15) is 24.8 Å². The molecule has 0 aromatic heterocycles. The van der Waals surface area contributed by atoms with Crippen molar-refractivity contribution in [2.75, 3.05) is 19.4 Å². The van der Waals surface area contributed by atoms with Gasteiger partial charge in [0.15, 0.2) is 0 Å². The number of urea groups is 1. The maximum Gasteiger partial charge on any atom is 0.318 e. The Kier molecular flexibility index (Phi) is 6.39. The monoisotopic (exact) mass is 308 g/mol. The standard InChI is InChI=1S/C16H24N2O2S/c1-21-15-9-5-8-14(15)17-16(20)18(10-11-19)12-13-6-3-2-4-7-13/h2-4,6-7,14-15,19H,5,8-12H2,1H3,(H,17,20)/t14-,15+/m1/s1. The average Bonchev–Trinajstić information content (AvgIpc) is 2.95. The summed E-state index contributed by atoms with van der Waals surface area (Å²) in [6.45, 7) is 0.873. The highest BCUT2D eigenvalue weighted by Gasteiger charge is 2.29. The summed E-state index contributed by atoms with van der Waals surface area (Å²) in [5.74, 6) is 0. The third-order valence-electron chi connectivity index (χ3n) is 3.94. The Labute approximate surface area is 130 Å². The van der Waals surface area contributed by atoms with Crippen LogP contribution in [0.25, 0.3) is 0 Å². The van der Waals surface area contributed by atoms with Gasteiger partial charge in [0.25, 0.3) is 0 Å². The van der Waals surface area contributed by atoms with Crippen LogP contribution in [0.15, 0.2) is 30.3 Å². The molecule has 1 aliphatic carbocycles. The first-order chi connectivity index (χ1) is 10.2. The zero-order valence-electron chi connectivity index (χ0n) is 12.5. The first kappa shape index (κ1) is 16.2. The summed E-state index contributed by atoms with van der Waals surface area (Å²) < 4.78 is 0. The van der Waals surface area contributed by atoms with Gasteiger partial charge in [-0.2, -0.15) is 11.8 Å². The number of rotatable bonds is 6. The molecule has 0 radical (unpaired) electrons. The van der Waals surface area contributed by atoms with Gasteiger partial charge in [0, 0.05) is 24.4 Å². The van der Waals surface area contributed by atoms with Gasteiger partial charge in [0.1, 0.15) is 0 Å². The minimum atomic E-state index is -0.0705. The van der Waals surface area contributed by atoms with E-state index < -0.39 is 0 Å². The van der Waals surface area contributed by atoms with E-state index in [0.29, 0.717) is 18.3 Å². The van der Waals surface area contributed by atoms with E-state index in [2.05, 4.69) is 11.6 Å². The number of aliphatic hydroxyl groups is 1. The number of hydrogen-bond donors (Lipinski definition) is 2. The molecule has 0 aliphatic heterocycles. The highest BCUT2D eigenvalue weighted by atomic mass is 32.2. The molecule has 1 aromatic rings. The Bertz CT molecular complexity index is 441. The maximum absolute atomic E-state index is 12.4. The molecule has 4 nitrogen and oxygen atoms in total. The molecule has 1 aliphatic rings. The Morgan fingerprint density at radius 2 is 2.14 bits per heavy atom. The van der Waals surface area contributed by atoms with Crippen LogP contribution in [0, 0.1) is 0 Å². The third-order valence-corrected chi connectivity index (χ3v) is 5.11. The largest absolute Gasteiger partial charge is 0.395 e. The first-order valence-electron chi connectivity index (χ1n) is 7.47. The van der Waals surface area contributed by atoms with E-state index in [1.165, 1.54) is 12.8 Å². The minimum Gasteiger partial charge on any atom is -0.395 e. The van der Waals surface area contributed by atoms with Crippen LogP contribution < -0.4 is 5.32 Å². The van der Waals surface area contributed by atoms with Crippen molar-refractivity contribution in [1.29, 1.82) is 0 Å². The number of thioether (sulfide) groups is 1. The molecule has 2 amide bonds. The molecule has 0 heterocycles. The van der Waals surface area contributed by atoms with Crippen molar-refractivity contribution < 1.29 is 9.90 Å². The summed E-state index contributed by atoms with van der Waals surface area (Å²) >= 11 is 1.83. The lowest BCUT2D eigenvalue weighted by Gasteiger charge is -2.26. The van der Waals surface area contributed by atoms with Gasteiger partial charge in [-0.15, -0.1) is 0 Å². The fourth-order valence-electron chi connectivity index (χ4n) is 2.80. The number of benzene rings is 1. The van der Waals surface area contributed by atoms with E-state index in [4.69, 9.17) is 0 Å². The fourth-order valence-corrected chi connectivity index (χ4v) is 3.74. The van der Waals surface area contributed by atoms with Crippen LogP contribution in [0.5, 0.6) is 0 Å². The van der Waals surface area contributed by atoms with Crippen molar-refractivity contribution >= 4 is 17.8 Å². The van der Waals surface area contributed by atoms with Crippen molar-refractivity contribution in [3.05, 3.63) is 35.9 Å². The number of hydrogen-bond acceptors (Lipinski definition) is 3. The van der Waals surface area contributed by atoms with Gasteiger partial charge in [-0.05, 0) is 24.7 Å². The lowest BCUT2D eigenvalue weighted by Crippen LogP contribution is -2.47. The molecule has 21 heavy (non-hydrogen) atoms. The van der Waals surface area contributed by atoms with Crippen LogP contribution in [0.2, 0.25) is 0 Å². The van der Waals surface area contributed by atoms with E-state index >= 15 is 0 Å². The molecule has 2 rings (SSSR count). The summed E-state index contributed by atoms with van der Waals surface area (Å²) in [4.78, 5) is 14.1. The smallest absolute Gasteiger partial charge is 0.318 e. The van der Waals surface area contributed by atoms with Crippen LogP contribution in [-0.2, 0) is 6.54 Å². The number of aliphatic hydroxyl groups excluding tert-OH is 1. The lowest BCUT2D eigenvalue weighted by atomic mass is 10.2. The predicted octanol–water partition coefficient (Wildman–Crippen LogP) is 2.47. The number of nitrogens with one attached hydrogen (secondary N) is 1. The van der Waals surface area contributed by atoms with Crippen LogP contribution in [-0.4, -0.2) is 46.7 Å². The summed E-state index contributed by atoms with van der Waals surface area (Å²) in [5, 5.41) is 12.9. The predicted molar refractivity (Wildman–Crippen MR) is 87.4 cm³/mol.